The quantitative estimate of drug-likeness (QED) is 0.0273. The highest BCUT2D eigenvalue weighted by atomic mass is 32.2. The van der Waals surface area contributed by atoms with Gasteiger partial charge in [0.05, 0.1) is 18.7 Å². The molecule has 2 aromatic heterocycles. The highest BCUT2D eigenvalue weighted by Crippen LogP contribution is 2.40. The fourth-order valence-electron chi connectivity index (χ4n) is 4.79. The zero-order chi connectivity index (χ0) is 35.9. The minimum Gasteiger partial charge on any atom is -0.543 e. The van der Waals surface area contributed by atoms with E-state index in [4.69, 9.17) is 22.0 Å². The molecule has 2 aliphatic rings. The topological polar surface area (TPSA) is 319 Å². The molecule has 0 radical (unpaired) electrons. The molecule has 1 saturated heterocycles. The first-order valence-electron chi connectivity index (χ1n) is 14.2. The number of hydrogen-bond acceptors (Lipinski definition) is 18. The number of thioether (sulfide) groups is 1. The van der Waals surface area contributed by atoms with Crippen LogP contribution in [0.5, 0.6) is 0 Å². The largest absolute Gasteiger partial charge is 0.543 e. The first-order valence-corrected chi connectivity index (χ1v) is 16.1. The van der Waals surface area contributed by atoms with Crippen molar-refractivity contribution in [3.05, 3.63) is 43.7 Å². The lowest BCUT2D eigenvalue weighted by molar-refractivity contribution is -0.765. The van der Waals surface area contributed by atoms with Crippen molar-refractivity contribution in [2.24, 2.45) is 17.9 Å². The fraction of sp³-hybridized carbons (Fsp3) is 0.385. The third-order valence-corrected chi connectivity index (χ3v) is 9.42. The number of carboxylic acid groups (broad SMARTS) is 2. The molecule has 4 heterocycles. The van der Waals surface area contributed by atoms with E-state index in [0.717, 1.165) is 28.2 Å². The monoisotopic (exact) mass is 718 g/mol. The Morgan fingerprint density at radius 3 is 2.53 bits per heavy atom. The molecule has 1 fully saturated rings. The molecule has 0 bridgehead atoms. The molecular formula is C26H30N12O9S2. The lowest BCUT2D eigenvalue weighted by Gasteiger charge is -2.50. The summed E-state index contributed by atoms with van der Waals surface area (Å²) in [6, 6.07) is -1.21. The van der Waals surface area contributed by atoms with Crippen molar-refractivity contribution in [3.8, 4) is 0 Å². The molecule has 3 aromatic rings. The molecule has 21 nitrogen and oxygen atoms in total. The summed E-state index contributed by atoms with van der Waals surface area (Å²) >= 11 is 1.90. The second kappa shape index (κ2) is 13.2. The Morgan fingerprint density at radius 1 is 1.22 bits per heavy atom. The van der Waals surface area contributed by atoms with Crippen LogP contribution in [0.15, 0.2) is 32.2 Å². The number of rotatable bonds is 14. The van der Waals surface area contributed by atoms with Crippen molar-refractivity contribution in [1.29, 1.82) is 0 Å². The highest BCUT2D eigenvalue weighted by molar-refractivity contribution is 8.00. The fourth-order valence-corrected chi connectivity index (χ4v) is 6.56. The van der Waals surface area contributed by atoms with Gasteiger partial charge >= 0.3 is 5.97 Å². The minimum absolute atomic E-state index is 0.00672. The van der Waals surface area contributed by atoms with E-state index in [2.05, 4.69) is 30.5 Å². The number of aliphatic carboxylic acids is 2. The van der Waals surface area contributed by atoms with E-state index in [-0.39, 0.29) is 64.8 Å². The van der Waals surface area contributed by atoms with Crippen LogP contribution in [0.3, 0.4) is 0 Å². The summed E-state index contributed by atoms with van der Waals surface area (Å²) in [7, 11) is 1.58. The van der Waals surface area contributed by atoms with Crippen LogP contribution < -0.4 is 53.8 Å². The predicted octanol–water partition coefficient (Wildman–Crippen LogP) is -4.27. The second-order valence-corrected chi connectivity index (χ2v) is 13.1. The number of nitrogens with two attached hydrogens (primary N) is 3. The predicted molar refractivity (Wildman–Crippen MR) is 173 cm³/mol. The van der Waals surface area contributed by atoms with Crippen molar-refractivity contribution in [2.45, 2.75) is 37.4 Å². The van der Waals surface area contributed by atoms with Gasteiger partial charge < -0.3 is 53.0 Å². The number of fused-ring (bicyclic) bond motifs is 1. The zero-order valence-corrected chi connectivity index (χ0v) is 27.6. The lowest BCUT2D eigenvalue weighted by atomic mass is 10.0. The standard InChI is InChI=1S/C26H30N12O9S2/c1-26(2,24(45)46)47-34-13(19-33-25(29)49-35-19)20(41)32-14-21(42)38-15(23(43)44)9(8-48-22(14)38)6-37-7-10(18(28)36(37)3)31-12-11(30-5-4-27)16(39)17(12)40/h7,14,22,28H,4-6,8,27H2,1-3H3,(H7,29,30,31,32,33,34,35,39,40,41,43,44,45,46)/t14-,22-/m1/s1. The van der Waals surface area contributed by atoms with Crippen molar-refractivity contribution in [2.75, 3.05) is 40.9 Å². The number of hydrogen-bond donors (Lipinski definition) is 7. The number of carbonyl (C=O) groups is 4. The molecule has 0 saturated carbocycles. The van der Waals surface area contributed by atoms with Crippen LogP contribution in [0.1, 0.15) is 19.7 Å². The minimum atomic E-state index is -1.84. The number of anilines is 5. The molecular weight excluding hydrogens is 688 g/mol. The molecule has 1 aromatic carbocycles. The van der Waals surface area contributed by atoms with Crippen LogP contribution in [0.25, 0.3) is 0 Å². The molecule has 260 valence electrons. The number of nitrogen functional groups attached to an aromatic ring is 2. The van der Waals surface area contributed by atoms with E-state index in [1.807, 2.05) is 0 Å². The van der Waals surface area contributed by atoms with E-state index >= 15 is 0 Å². The van der Waals surface area contributed by atoms with Gasteiger partial charge in [-0.2, -0.15) is 9.36 Å². The molecule has 49 heavy (non-hydrogen) atoms. The third kappa shape index (κ3) is 6.37. The van der Waals surface area contributed by atoms with E-state index in [1.54, 1.807) is 7.05 Å². The maximum atomic E-state index is 13.3. The molecule has 0 aliphatic carbocycles. The van der Waals surface area contributed by atoms with Crippen molar-refractivity contribution in [1.82, 2.24) is 24.3 Å². The number of carboxylic acids is 2. The first-order chi connectivity index (χ1) is 23.1. The van der Waals surface area contributed by atoms with Gasteiger partial charge in [0.25, 0.3) is 22.7 Å². The molecule has 2 amide bonds. The molecule has 0 spiro atoms. The van der Waals surface area contributed by atoms with E-state index in [0.29, 0.717) is 0 Å². The van der Waals surface area contributed by atoms with Gasteiger partial charge in [-0.3, -0.25) is 24.1 Å². The Hall–Kier alpha value is -5.55. The second-order valence-electron chi connectivity index (χ2n) is 11.2. The Morgan fingerprint density at radius 2 is 1.92 bits per heavy atom. The highest BCUT2D eigenvalue weighted by Gasteiger charge is 2.53. The maximum absolute atomic E-state index is 13.3. The SMILES string of the molecule is Cn1c(N)c(Nc2c(NCCN)c(=O)c2=O)c[n+]1CC1=C(C(=O)[O-])N2C(=O)[C@@H](NC(=O)/C(=N/OC(C)(C)C(=O)O)c3nsc(N)n3)[C@H]2SC1. The van der Waals surface area contributed by atoms with Crippen LogP contribution >= 0.6 is 23.3 Å². The molecule has 0 unspecified atom stereocenters. The number of aromatic nitrogens is 4. The molecule has 5 rings (SSSR count). The van der Waals surface area contributed by atoms with Crippen molar-refractivity contribution in [3.63, 3.8) is 0 Å². The molecule has 10 N–H and O–H groups in total. The number of oxime groups is 1. The summed E-state index contributed by atoms with van der Waals surface area (Å²) in [5, 5.41) is 32.6. The van der Waals surface area contributed by atoms with Gasteiger partial charge in [0, 0.05) is 35.9 Å². The van der Waals surface area contributed by atoms with Crippen LogP contribution in [0, 0.1) is 0 Å². The zero-order valence-electron chi connectivity index (χ0n) is 26.0. The normalized spacial score (nSPS) is 17.8. The van der Waals surface area contributed by atoms with E-state index in [9.17, 15) is 39.0 Å². The summed E-state index contributed by atoms with van der Waals surface area (Å²) in [5.41, 5.74) is 13.7. The Labute approximate surface area is 283 Å². The number of carbonyl (C=O) groups excluding carboxylic acids is 3. The number of β-lactam (4-membered cyclic amide) rings is 1. The molecule has 23 heteroatoms. The van der Waals surface area contributed by atoms with Gasteiger partial charge in [-0.15, -0.1) is 21.1 Å². The van der Waals surface area contributed by atoms with Gasteiger partial charge in [0.15, 0.2) is 23.2 Å². The maximum Gasteiger partial charge on any atom is 0.350 e. The smallest absolute Gasteiger partial charge is 0.350 e. The van der Waals surface area contributed by atoms with Gasteiger partial charge in [0.2, 0.25) is 23.3 Å². The summed E-state index contributed by atoms with van der Waals surface area (Å²) in [6.45, 7) is 2.81. The van der Waals surface area contributed by atoms with E-state index < -0.39 is 63.0 Å². The van der Waals surface area contributed by atoms with Gasteiger partial charge in [-0.25, -0.2) is 4.79 Å². The summed E-state index contributed by atoms with van der Waals surface area (Å²) in [4.78, 5) is 84.6. The van der Waals surface area contributed by atoms with Crippen LogP contribution in [-0.4, -0.2) is 89.4 Å². The summed E-state index contributed by atoms with van der Waals surface area (Å²) in [6.07, 6.45) is 1.50. The lowest BCUT2D eigenvalue weighted by Crippen LogP contribution is -2.71. The van der Waals surface area contributed by atoms with Gasteiger partial charge in [0.1, 0.15) is 22.8 Å². The first kappa shape index (κ1) is 34.8. The van der Waals surface area contributed by atoms with E-state index in [1.165, 1.54) is 29.4 Å². The Bertz CT molecular complexity index is 2010. The van der Waals surface area contributed by atoms with Crippen LogP contribution in [0.4, 0.5) is 28.0 Å². The number of nitrogens with zero attached hydrogens (tertiary/aromatic N) is 6. The summed E-state index contributed by atoms with van der Waals surface area (Å²) in [5.74, 6) is -4.81. The van der Waals surface area contributed by atoms with Gasteiger partial charge in [-0.05, 0) is 13.8 Å². The average Bonchev–Trinajstić information content (AvgIpc) is 3.60. The summed E-state index contributed by atoms with van der Waals surface area (Å²) < 4.78 is 6.93. The van der Waals surface area contributed by atoms with Gasteiger partial charge in [-0.1, -0.05) is 5.16 Å². The molecule has 2 aliphatic heterocycles. The number of amides is 2. The average molecular weight is 719 g/mol. The van der Waals surface area contributed by atoms with Crippen molar-refractivity contribution >= 4 is 80.8 Å². The van der Waals surface area contributed by atoms with Crippen LogP contribution in [-0.2, 0) is 37.6 Å². The molecule has 2 atom stereocenters. The Balaban J connectivity index is 1.35. The van der Waals surface area contributed by atoms with Crippen molar-refractivity contribution < 1.29 is 38.9 Å². The number of nitrogens with one attached hydrogen (secondary N) is 3. The third-order valence-electron chi connectivity index (χ3n) is 7.53. The Kier molecular flexibility index (Phi) is 9.34. The van der Waals surface area contributed by atoms with Crippen LogP contribution in [0.2, 0.25) is 0 Å².